The number of aromatic carboxylic acids is 1. The van der Waals surface area contributed by atoms with Crippen LogP contribution < -0.4 is 0 Å². The van der Waals surface area contributed by atoms with Crippen LogP contribution in [-0.2, 0) is 20.7 Å². The number of aromatic nitrogens is 10. The largest absolute Gasteiger partial charge is 0.476 e. The summed E-state index contributed by atoms with van der Waals surface area (Å²) in [5, 5.41) is 41.1. The Kier molecular flexibility index (Phi) is 17.4. The molecule has 3 N–H and O–H groups in total. The first-order valence-corrected chi connectivity index (χ1v) is 18.2. The number of halogens is 9. The summed E-state index contributed by atoms with van der Waals surface area (Å²) in [6.07, 6.45) is 5.80. The van der Waals surface area contributed by atoms with E-state index in [1.54, 1.807) is 7.05 Å². The molecular weight excluding hydrogens is 1050 g/mol. The molecule has 23 heteroatoms. The summed E-state index contributed by atoms with van der Waals surface area (Å²) in [6.45, 7) is -0.562. The standard InChI is InChI=1S/C9H6BrFN4O2.C9H8BrFN4O.C8H5BrFNO.C5H2Br2FN/c1-15-8(9(16)17)7(13-14-15)6-5(11)2-4(10)3-12-6;1-15-7(4-16)9(13-14-15)8-6(11)2-5(10)3-12-8;9-6-4-7(10)8(11-5-6)2-1-3-12;6-3-1-4(8)5(7)9-2-3/h2-3H,1H3,(H,16,17);2-3,16H,4H2,1H3;4-5,12H,3H2;1-2H. The summed E-state index contributed by atoms with van der Waals surface area (Å²) in [6, 6.07) is 5.09. The van der Waals surface area contributed by atoms with E-state index in [0.29, 0.717) is 23.6 Å². The molecule has 0 amide bonds. The molecule has 0 atom stereocenters. The van der Waals surface area contributed by atoms with Crippen LogP contribution in [0.4, 0.5) is 17.6 Å². The van der Waals surface area contributed by atoms with Gasteiger partial charge in [0, 0.05) is 56.8 Å². The lowest BCUT2D eigenvalue weighted by molar-refractivity contribution is 0.0685. The summed E-state index contributed by atoms with van der Waals surface area (Å²) in [7, 11) is 3.04. The molecule has 0 saturated heterocycles. The number of aryl methyl sites for hydroxylation is 2. The SMILES string of the molecule is Cn1nnc(-c2ncc(Br)cc2F)c1C(=O)O.Cn1nnc(-c2ncc(Br)cc2F)c1CO.Fc1cc(Br)cnc1Br.OCC#Cc1ncc(Br)cc1F. The second kappa shape index (κ2) is 21.1. The minimum Gasteiger partial charge on any atom is -0.476 e. The number of aliphatic hydroxyl groups excluding tert-OH is 2. The second-order valence-electron chi connectivity index (χ2n) is 9.72. The fourth-order valence-electron chi connectivity index (χ4n) is 3.70. The Balaban J connectivity index is 0.000000199. The van der Waals surface area contributed by atoms with E-state index >= 15 is 0 Å². The number of carboxylic acids is 1. The summed E-state index contributed by atoms with van der Waals surface area (Å²) in [5.74, 6) is 1.43. The van der Waals surface area contributed by atoms with Crippen LogP contribution in [0.5, 0.6) is 0 Å². The van der Waals surface area contributed by atoms with Crippen molar-refractivity contribution < 1.29 is 37.7 Å². The van der Waals surface area contributed by atoms with Gasteiger partial charge in [-0.25, -0.2) is 41.7 Å². The molecule has 0 aliphatic carbocycles. The number of hydrogen-bond acceptors (Lipinski definition) is 11. The monoisotopic (exact) mass is 1070 g/mol. The lowest BCUT2D eigenvalue weighted by atomic mass is 10.2. The van der Waals surface area contributed by atoms with E-state index in [1.165, 1.54) is 60.8 Å². The molecule has 0 aliphatic heterocycles. The van der Waals surface area contributed by atoms with Gasteiger partial charge in [-0.2, -0.15) is 0 Å². The third-order valence-corrected chi connectivity index (χ3v) is 8.36. The molecule has 0 fully saturated rings. The smallest absolute Gasteiger partial charge is 0.356 e. The predicted octanol–water partition coefficient (Wildman–Crippen LogP) is 6.82. The van der Waals surface area contributed by atoms with Crippen LogP contribution in [0.15, 0.2) is 71.5 Å². The molecule has 6 aromatic rings. The number of hydrogen-bond donors (Lipinski definition) is 3. The lowest BCUT2D eigenvalue weighted by Crippen LogP contribution is -2.07. The highest BCUT2D eigenvalue weighted by atomic mass is 79.9. The van der Waals surface area contributed by atoms with Gasteiger partial charge in [0.2, 0.25) is 0 Å². The topological polar surface area (TPSA) is 191 Å². The van der Waals surface area contributed by atoms with Gasteiger partial charge in [0.15, 0.2) is 29.0 Å². The molecule has 0 unspecified atom stereocenters. The zero-order valence-electron chi connectivity index (χ0n) is 27.2. The highest BCUT2D eigenvalue weighted by molar-refractivity contribution is 9.11. The van der Waals surface area contributed by atoms with Crippen molar-refractivity contribution in [2.45, 2.75) is 6.61 Å². The van der Waals surface area contributed by atoms with E-state index in [2.05, 4.69) is 132 Å². The fraction of sp³-hybridized carbons (Fsp3) is 0.129. The Bertz CT molecular complexity index is 2320. The molecule has 0 saturated carbocycles. The Labute approximate surface area is 344 Å². The molecule has 0 bridgehead atoms. The van der Waals surface area contributed by atoms with Gasteiger partial charge < -0.3 is 15.3 Å². The number of aliphatic hydroxyl groups is 2. The molecule has 14 nitrogen and oxygen atoms in total. The van der Waals surface area contributed by atoms with E-state index in [-0.39, 0.29) is 57.8 Å². The van der Waals surface area contributed by atoms with Crippen molar-refractivity contribution in [3.05, 3.63) is 112 Å². The minimum absolute atomic E-state index is 0.0484. The van der Waals surface area contributed by atoms with E-state index in [1.807, 2.05) is 0 Å². The first-order chi connectivity index (χ1) is 25.6. The minimum atomic E-state index is -1.24. The van der Waals surface area contributed by atoms with Crippen LogP contribution in [0.2, 0.25) is 0 Å². The van der Waals surface area contributed by atoms with E-state index < -0.39 is 23.4 Å². The third-order valence-electron chi connectivity index (χ3n) is 6.04. The number of nitrogens with zero attached hydrogens (tertiary/aromatic N) is 10. The number of pyridine rings is 4. The first kappa shape index (κ1) is 44.3. The van der Waals surface area contributed by atoms with Crippen LogP contribution >= 0.6 is 79.6 Å². The third kappa shape index (κ3) is 12.5. The Hall–Kier alpha value is -4.05. The molecule has 0 radical (unpaired) electrons. The zero-order valence-corrected chi connectivity index (χ0v) is 35.1. The quantitative estimate of drug-likeness (QED) is 0.0951. The highest BCUT2D eigenvalue weighted by Crippen LogP contribution is 2.25. The van der Waals surface area contributed by atoms with Gasteiger partial charge in [-0.05, 0) is 110 Å². The van der Waals surface area contributed by atoms with Crippen LogP contribution in [0.25, 0.3) is 22.8 Å². The summed E-state index contributed by atoms with van der Waals surface area (Å²) in [4.78, 5) is 26.1. The van der Waals surface area contributed by atoms with Crippen LogP contribution in [0, 0.1) is 35.1 Å². The molecule has 0 aromatic carbocycles. The van der Waals surface area contributed by atoms with E-state index in [9.17, 15) is 22.4 Å². The van der Waals surface area contributed by atoms with Gasteiger partial charge in [0.05, 0.1) is 12.3 Å². The Morgan fingerprint density at radius 3 is 1.59 bits per heavy atom. The van der Waals surface area contributed by atoms with Gasteiger partial charge in [-0.3, -0.25) is 9.97 Å². The van der Waals surface area contributed by atoms with Gasteiger partial charge in [-0.15, -0.1) is 10.2 Å². The number of rotatable bonds is 4. The van der Waals surface area contributed by atoms with Gasteiger partial charge in [0.1, 0.15) is 39.7 Å². The van der Waals surface area contributed by atoms with Crippen molar-refractivity contribution in [2.24, 2.45) is 14.1 Å². The molecule has 0 spiro atoms. The van der Waals surface area contributed by atoms with E-state index in [0.717, 1.165) is 4.68 Å². The summed E-state index contributed by atoms with van der Waals surface area (Å²) in [5.41, 5.74) is 0.374. The average molecular weight is 1070 g/mol. The Morgan fingerprint density at radius 2 is 1.13 bits per heavy atom. The molecule has 6 rings (SSSR count). The van der Waals surface area contributed by atoms with Crippen molar-refractivity contribution in [1.29, 1.82) is 0 Å². The van der Waals surface area contributed by atoms with Crippen molar-refractivity contribution in [2.75, 3.05) is 6.61 Å². The van der Waals surface area contributed by atoms with Gasteiger partial charge in [0.25, 0.3) is 0 Å². The highest BCUT2D eigenvalue weighted by Gasteiger charge is 2.23. The molecule has 6 aromatic heterocycles. The first-order valence-electron chi connectivity index (χ1n) is 14.2. The van der Waals surface area contributed by atoms with Crippen LogP contribution in [0.1, 0.15) is 21.9 Å². The molecule has 0 aliphatic rings. The lowest BCUT2D eigenvalue weighted by Gasteiger charge is -2.01. The number of carbonyl (C=O) groups is 1. The van der Waals surface area contributed by atoms with Crippen molar-refractivity contribution in [3.63, 3.8) is 0 Å². The summed E-state index contributed by atoms with van der Waals surface area (Å²) >= 11 is 15.2. The predicted molar refractivity (Wildman–Crippen MR) is 202 cm³/mol. The normalized spacial score (nSPS) is 10.1. The Morgan fingerprint density at radius 1 is 0.667 bits per heavy atom. The zero-order chi connectivity index (χ0) is 40.1. The number of carboxylic acid groups (broad SMARTS) is 1. The fourth-order valence-corrected chi connectivity index (χ4v) is 5.13. The van der Waals surface area contributed by atoms with Crippen LogP contribution in [-0.4, -0.2) is 77.8 Å². The average Bonchev–Trinajstić information content (AvgIpc) is 3.68. The van der Waals surface area contributed by atoms with Crippen molar-refractivity contribution in [3.8, 4) is 34.6 Å². The summed E-state index contributed by atoms with van der Waals surface area (Å²) < 4.78 is 57.5. The maximum Gasteiger partial charge on any atom is 0.356 e. The molecule has 282 valence electrons. The second-order valence-corrected chi connectivity index (χ2v) is 14.1. The molecule has 54 heavy (non-hydrogen) atoms. The molecule has 6 heterocycles. The molecular formula is C31H21Br5F4N10O4. The maximum absolute atomic E-state index is 13.6. The van der Waals surface area contributed by atoms with E-state index in [4.69, 9.17) is 15.3 Å². The van der Waals surface area contributed by atoms with Gasteiger partial charge in [-0.1, -0.05) is 16.3 Å². The van der Waals surface area contributed by atoms with Crippen molar-refractivity contribution in [1.82, 2.24) is 49.9 Å². The van der Waals surface area contributed by atoms with Crippen LogP contribution in [0.3, 0.4) is 0 Å². The van der Waals surface area contributed by atoms with Crippen molar-refractivity contribution >= 4 is 85.6 Å². The van der Waals surface area contributed by atoms with Gasteiger partial charge >= 0.3 is 5.97 Å². The maximum atomic E-state index is 13.6.